The smallest absolute Gasteiger partial charge is 0.274 e. The average Bonchev–Trinajstić information content (AvgIpc) is 3.05. The van der Waals surface area contributed by atoms with Gasteiger partial charge in [0.05, 0.1) is 10.0 Å². The number of aromatic nitrogens is 1. The van der Waals surface area contributed by atoms with Gasteiger partial charge in [0.2, 0.25) is 0 Å². The Labute approximate surface area is 170 Å². The molecule has 1 amide bonds. The zero-order chi connectivity index (χ0) is 19.4. The van der Waals surface area contributed by atoms with Gasteiger partial charge in [-0.1, -0.05) is 47.1 Å². The van der Waals surface area contributed by atoms with Gasteiger partial charge in [0.25, 0.3) is 5.91 Å². The molecule has 1 heterocycles. The third kappa shape index (κ3) is 4.34. The number of ether oxygens (including phenoxy) is 1. The van der Waals surface area contributed by atoms with Crippen LogP contribution in [0.3, 0.4) is 0 Å². The summed E-state index contributed by atoms with van der Waals surface area (Å²) < 4.78 is 11.9. The van der Waals surface area contributed by atoms with Crippen molar-refractivity contribution in [3.8, 4) is 17.1 Å². The van der Waals surface area contributed by atoms with Crippen molar-refractivity contribution in [2.75, 3.05) is 6.54 Å². The van der Waals surface area contributed by atoms with Crippen LogP contribution in [0.15, 0.2) is 51.5 Å². The van der Waals surface area contributed by atoms with Crippen LogP contribution in [0.5, 0.6) is 5.75 Å². The predicted octanol–water partition coefficient (Wildman–Crippen LogP) is 5.39. The van der Waals surface area contributed by atoms with E-state index in [0.717, 1.165) is 11.1 Å². The molecule has 2 aromatic carbocycles. The van der Waals surface area contributed by atoms with Gasteiger partial charge in [0.1, 0.15) is 12.4 Å². The van der Waals surface area contributed by atoms with Crippen LogP contribution in [0.4, 0.5) is 0 Å². The number of aryl methyl sites for hydroxylation is 1. The standard InChI is InChI=1S/C20H18BrClN2O3/c1-3-23-20(25)18-17(21)19(27-24-18)14-10-15(22)12(2)9-16(14)26-11-13-7-5-4-6-8-13/h4-10H,3,11H2,1-2H3,(H,23,25). The molecule has 0 bridgehead atoms. The Morgan fingerprint density at radius 2 is 2.04 bits per heavy atom. The van der Waals surface area contributed by atoms with E-state index in [9.17, 15) is 4.79 Å². The molecule has 140 valence electrons. The van der Waals surface area contributed by atoms with E-state index in [1.807, 2.05) is 50.2 Å². The van der Waals surface area contributed by atoms with Crippen molar-refractivity contribution in [2.24, 2.45) is 0 Å². The van der Waals surface area contributed by atoms with E-state index in [2.05, 4.69) is 26.4 Å². The van der Waals surface area contributed by atoms with E-state index in [1.54, 1.807) is 6.07 Å². The summed E-state index contributed by atoms with van der Waals surface area (Å²) in [7, 11) is 0. The Morgan fingerprint density at radius 3 is 2.74 bits per heavy atom. The maximum Gasteiger partial charge on any atom is 0.274 e. The summed E-state index contributed by atoms with van der Waals surface area (Å²) in [4.78, 5) is 12.1. The Hall–Kier alpha value is -2.31. The van der Waals surface area contributed by atoms with Crippen LogP contribution in [0, 0.1) is 6.92 Å². The molecule has 27 heavy (non-hydrogen) atoms. The summed E-state index contributed by atoms with van der Waals surface area (Å²) in [6, 6.07) is 13.4. The molecule has 1 N–H and O–H groups in total. The molecular weight excluding hydrogens is 432 g/mol. The molecule has 0 aliphatic heterocycles. The van der Waals surface area contributed by atoms with Crippen LogP contribution >= 0.6 is 27.5 Å². The van der Waals surface area contributed by atoms with Crippen molar-refractivity contribution >= 4 is 33.4 Å². The molecular formula is C20H18BrClN2O3. The maximum atomic E-state index is 12.1. The first-order valence-corrected chi connectivity index (χ1v) is 9.59. The van der Waals surface area contributed by atoms with Gasteiger partial charge in [-0.25, -0.2) is 0 Å². The van der Waals surface area contributed by atoms with Gasteiger partial charge in [0.15, 0.2) is 11.5 Å². The number of amides is 1. The second-order valence-corrected chi connectivity index (χ2v) is 7.11. The highest BCUT2D eigenvalue weighted by molar-refractivity contribution is 9.10. The van der Waals surface area contributed by atoms with Crippen molar-refractivity contribution in [2.45, 2.75) is 20.5 Å². The first-order chi connectivity index (χ1) is 13.0. The zero-order valence-corrected chi connectivity index (χ0v) is 17.2. The summed E-state index contributed by atoms with van der Waals surface area (Å²) >= 11 is 9.73. The van der Waals surface area contributed by atoms with Gasteiger partial charge in [-0.05, 0) is 53.0 Å². The van der Waals surface area contributed by atoms with Gasteiger partial charge in [-0.2, -0.15) is 0 Å². The molecule has 0 saturated heterocycles. The van der Waals surface area contributed by atoms with Crippen LogP contribution in [0.2, 0.25) is 5.02 Å². The lowest BCUT2D eigenvalue weighted by Gasteiger charge is -2.12. The molecule has 0 atom stereocenters. The largest absolute Gasteiger partial charge is 0.488 e. The van der Waals surface area contributed by atoms with Gasteiger partial charge in [0, 0.05) is 11.6 Å². The number of nitrogens with one attached hydrogen (secondary N) is 1. The summed E-state index contributed by atoms with van der Waals surface area (Å²) in [6.45, 7) is 4.62. The molecule has 1 aromatic heterocycles. The van der Waals surface area contributed by atoms with Crippen molar-refractivity contribution < 1.29 is 14.1 Å². The van der Waals surface area contributed by atoms with Crippen molar-refractivity contribution in [1.29, 1.82) is 0 Å². The summed E-state index contributed by atoms with van der Waals surface area (Å²) in [5.41, 5.74) is 2.72. The minimum absolute atomic E-state index is 0.178. The number of nitrogens with zero attached hydrogens (tertiary/aromatic N) is 1. The second-order valence-electron chi connectivity index (χ2n) is 5.91. The quantitative estimate of drug-likeness (QED) is 0.547. The molecule has 7 heteroatoms. The minimum Gasteiger partial charge on any atom is -0.488 e. The van der Waals surface area contributed by atoms with Crippen LogP contribution < -0.4 is 10.1 Å². The number of carbonyl (C=O) groups excluding carboxylic acids is 1. The lowest BCUT2D eigenvalue weighted by molar-refractivity contribution is 0.0946. The summed E-state index contributed by atoms with van der Waals surface area (Å²) in [5.74, 6) is 0.672. The minimum atomic E-state index is -0.315. The number of hydrogen-bond donors (Lipinski definition) is 1. The molecule has 3 rings (SSSR count). The number of halogens is 2. The van der Waals surface area contributed by atoms with E-state index in [4.69, 9.17) is 20.9 Å². The Bertz CT molecular complexity index is 957. The topological polar surface area (TPSA) is 64.4 Å². The van der Waals surface area contributed by atoms with Crippen molar-refractivity contribution in [3.63, 3.8) is 0 Å². The molecule has 0 aliphatic carbocycles. The first-order valence-electron chi connectivity index (χ1n) is 8.41. The molecule has 0 aliphatic rings. The highest BCUT2D eigenvalue weighted by Gasteiger charge is 2.24. The van der Waals surface area contributed by atoms with E-state index in [0.29, 0.717) is 39.7 Å². The summed E-state index contributed by atoms with van der Waals surface area (Å²) in [5, 5.41) is 7.16. The van der Waals surface area contributed by atoms with Crippen LogP contribution in [-0.4, -0.2) is 17.6 Å². The Morgan fingerprint density at radius 1 is 1.30 bits per heavy atom. The Balaban J connectivity index is 1.97. The number of rotatable bonds is 6. The fraction of sp³-hybridized carbons (Fsp3) is 0.200. The zero-order valence-electron chi connectivity index (χ0n) is 14.9. The van der Waals surface area contributed by atoms with Gasteiger partial charge < -0.3 is 14.6 Å². The van der Waals surface area contributed by atoms with E-state index >= 15 is 0 Å². The third-order valence-corrected chi connectivity index (χ3v) is 5.07. The molecule has 0 radical (unpaired) electrons. The fourth-order valence-electron chi connectivity index (χ4n) is 2.52. The first kappa shape index (κ1) is 19.5. The van der Waals surface area contributed by atoms with Crippen LogP contribution in [-0.2, 0) is 6.61 Å². The van der Waals surface area contributed by atoms with Gasteiger partial charge in [-0.15, -0.1) is 0 Å². The van der Waals surface area contributed by atoms with Crippen LogP contribution in [0.25, 0.3) is 11.3 Å². The molecule has 0 unspecified atom stereocenters. The third-order valence-electron chi connectivity index (χ3n) is 3.93. The fourth-order valence-corrected chi connectivity index (χ4v) is 3.22. The number of carbonyl (C=O) groups is 1. The molecule has 5 nitrogen and oxygen atoms in total. The molecule has 3 aromatic rings. The average molecular weight is 450 g/mol. The molecule has 0 spiro atoms. The van der Waals surface area contributed by atoms with E-state index in [1.165, 1.54) is 0 Å². The van der Waals surface area contributed by atoms with Crippen molar-refractivity contribution in [1.82, 2.24) is 10.5 Å². The van der Waals surface area contributed by atoms with Gasteiger partial charge >= 0.3 is 0 Å². The summed E-state index contributed by atoms with van der Waals surface area (Å²) in [6.07, 6.45) is 0. The highest BCUT2D eigenvalue weighted by atomic mass is 79.9. The van der Waals surface area contributed by atoms with Crippen LogP contribution in [0.1, 0.15) is 28.5 Å². The molecule has 0 fully saturated rings. The lowest BCUT2D eigenvalue weighted by Crippen LogP contribution is -2.23. The second kappa shape index (κ2) is 8.59. The predicted molar refractivity (Wildman–Crippen MR) is 108 cm³/mol. The van der Waals surface area contributed by atoms with Crippen molar-refractivity contribution in [3.05, 3.63) is 68.8 Å². The number of benzene rings is 2. The SMILES string of the molecule is CCNC(=O)c1noc(-c2cc(Cl)c(C)cc2OCc2ccccc2)c1Br. The maximum absolute atomic E-state index is 12.1. The Kier molecular flexibility index (Phi) is 6.19. The normalized spacial score (nSPS) is 10.7. The highest BCUT2D eigenvalue weighted by Crippen LogP contribution is 2.40. The monoisotopic (exact) mass is 448 g/mol. The molecule has 0 saturated carbocycles. The van der Waals surface area contributed by atoms with E-state index < -0.39 is 0 Å². The van der Waals surface area contributed by atoms with Gasteiger partial charge in [-0.3, -0.25) is 4.79 Å². The lowest BCUT2D eigenvalue weighted by atomic mass is 10.1. The van der Waals surface area contributed by atoms with E-state index in [-0.39, 0.29) is 11.6 Å². The number of hydrogen-bond acceptors (Lipinski definition) is 4.